The first-order valence-electron chi connectivity index (χ1n) is 4.72. The number of hydrogen-bond acceptors (Lipinski definition) is 5. The molecular weight excluding hydrogens is 226 g/mol. The summed E-state index contributed by atoms with van der Waals surface area (Å²) in [6.07, 6.45) is 0. The number of esters is 1. The van der Waals surface area contributed by atoms with Gasteiger partial charge in [0, 0.05) is 12.1 Å². The predicted molar refractivity (Wildman–Crippen MR) is 56.0 cm³/mol. The zero-order valence-electron chi connectivity index (χ0n) is 9.17. The van der Waals surface area contributed by atoms with Gasteiger partial charge in [-0.15, -0.1) is 0 Å². The quantitative estimate of drug-likeness (QED) is 0.763. The number of nitrogens with zero attached hydrogens (tertiary/aromatic N) is 3. The lowest BCUT2D eigenvalue weighted by Gasteiger charge is -2.03. The molecule has 7 nitrogen and oxygen atoms in total. The van der Waals surface area contributed by atoms with Crippen molar-refractivity contribution in [2.24, 2.45) is 0 Å². The lowest BCUT2D eigenvalue weighted by Crippen LogP contribution is -2.13. The molecule has 0 spiro atoms. The van der Waals surface area contributed by atoms with E-state index in [4.69, 9.17) is 5.11 Å². The molecule has 2 heterocycles. The average Bonchev–Trinajstić information content (AvgIpc) is 2.66. The van der Waals surface area contributed by atoms with Crippen molar-refractivity contribution >= 4 is 17.6 Å². The Kier molecular flexibility index (Phi) is 2.51. The second-order valence-electron chi connectivity index (χ2n) is 3.38. The van der Waals surface area contributed by atoms with Crippen molar-refractivity contribution in [2.75, 3.05) is 7.11 Å². The molecule has 7 heteroatoms. The maximum atomic E-state index is 11.5. The maximum absolute atomic E-state index is 11.5. The minimum absolute atomic E-state index is 0.0306. The Balaban J connectivity index is 2.77. The van der Waals surface area contributed by atoms with Crippen LogP contribution in [0, 0.1) is 6.92 Å². The summed E-state index contributed by atoms with van der Waals surface area (Å²) in [7, 11) is 1.21. The van der Waals surface area contributed by atoms with Crippen LogP contribution in [0.5, 0.6) is 0 Å². The highest BCUT2D eigenvalue weighted by Crippen LogP contribution is 2.10. The summed E-state index contributed by atoms with van der Waals surface area (Å²) >= 11 is 0. The molecule has 1 N–H and O–H groups in total. The van der Waals surface area contributed by atoms with E-state index in [2.05, 4.69) is 14.8 Å². The van der Waals surface area contributed by atoms with Crippen LogP contribution in [-0.2, 0) is 4.74 Å². The molecule has 2 rings (SSSR count). The topological polar surface area (TPSA) is 93.8 Å². The number of carbonyl (C=O) groups excluding carboxylic acids is 1. The van der Waals surface area contributed by atoms with Crippen LogP contribution in [-0.4, -0.2) is 38.8 Å². The third-order valence-corrected chi connectivity index (χ3v) is 2.16. The fraction of sp³-hybridized carbons (Fsp3) is 0.200. The Morgan fingerprint density at radius 2 is 2.12 bits per heavy atom. The monoisotopic (exact) mass is 235 g/mol. The lowest BCUT2D eigenvalue weighted by atomic mass is 10.3. The number of carboxylic acids is 1. The van der Waals surface area contributed by atoms with E-state index in [9.17, 15) is 9.59 Å². The van der Waals surface area contributed by atoms with Crippen LogP contribution >= 0.6 is 0 Å². The van der Waals surface area contributed by atoms with Crippen LogP contribution in [0.25, 0.3) is 5.65 Å². The summed E-state index contributed by atoms with van der Waals surface area (Å²) in [5.74, 6) is -1.88. The van der Waals surface area contributed by atoms with Crippen molar-refractivity contribution in [3.63, 3.8) is 0 Å². The molecule has 0 amide bonds. The lowest BCUT2D eigenvalue weighted by molar-refractivity contribution is 0.0590. The first kappa shape index (κ1) is 11.1. The van der Waals surface area contributed by atoms with Crippen molar-refractivity contribution in [2.45, 2.75) is 6.92 Å². The molecule has 0 fully saturated rings. The fourth-order valence-electron chi connectivity index (χ4n) is 1.45. The Bertz CT molecular complexity index is 617. The Hall–Kier alpha value is -2.44. The molecule has 0 unspecified atom stereocenters. The highest BCUT2D eigenvalue weighted by molar-refractivity contribution is 5.93. The van der Waals surface area contributed by atoms with Crippen molar-refractivity contribution in [3.8, 4) is 0 Å². The van der Waals surface area contributed by atoms with Gasteiger partial charge in [-0.25, -0.2) is 19.1 Å². The molecule has 0 bridgehead atoms. The number of aromatic carboxylic acids is 1. The summed E-state index contributed by atoms with van der Waals surface area (Å²) in [5, 5.41) is 12.9. The second-order valence-corrected chi connectivity index (χ2v) is 3.38. The van der Waals surface area contributed by atoms with Gasteiger partial charge in [0.1, 0.15) is 0 Å². The van der Waals surface area contributed by atoms with Gasteiger partial charge in [0.2, 0.25) is 0 Å². The van der Waals surface area contributed by atoms with Crippen molar-refractivity contribution in [1.29, 1.82) is 0 Å². The number of aryl methyl sites for hydroxylation is 1. The molecule has 0 aromatic carbocycles. The normalized spacial score (nSPS) is 10.5. The van der Waals surface area contributed by atoms with E-state index in [0.29, 0.717) is 11.3 Å². The van der Waals surface area contributed by atoms with Gasteiger partial charge < -0.3 is 9.84 Å². The summed E-state index contributed by atoms with van der Waals surface area (Å²) in [4.78, 5) is 26.2. The standard InChI is InChI=1S/C10H9N3O4/c1-5-3-8-11-6(9(14)15)4-7(10(16)17-2)13(8)12-5/h3-4H,1-2H3,(H,14,15). The number of fused-ring (bicyclic) bond motifs is 1. The third kappa shape index (κ3) is 1.82. The Morgan fingerprint density at radius 1 is 1.41 bits per heavy atom. The van der Waals surface area contributed by atoms with Gasteiger partial charge in [-0.05, 0) is 6.92 Å². The van der Waals surface area contributed by atoms with Gasteiger partial charge in [0.05, 0.1) is 12.8 Å². The van der Waals surface area contributed by atoms with Crippen LogP contribution < -0.4 is 0 Å². The van der Waals surface area contributed by atoms with Gasteiger partial charge in [0.15, 0.2) is 17.0 Å². The van der Waals surface area contributed by atoms with Crippen LogP contribution in [0.1, 0.15) is 26.7 Å². The SMILES string of the molecule is COC(=O)c1cc(C(=O)O)nc2cc(C)nn12. The fourth-order valence-corrected chi connectivity index (χ4v) is 1.45. The molecule has 2 aromatic rings. The number of carboxylic acid groups (broad SMARTS) is 1. The van der Waals surface area contributed by atoms with Crippen LogP contribution in [0.4, 0.5) is 0 Å². The molecule has 0 radical (unpaired) electrons. The summed E-state index contributed by atoms with van der Waals surface area (Å²) in [5.41, 5.74) is 0.730. The Labute approximate surface area is 95.6 Å². The summed E-state index contributed by atoms with van der Waals surface area (Å²) < 4.78 is 5.83. The van der Waals surface area contributed by atoms with E-state index < -0.39 is 11.9 Å². The van der Waals surface area contributed by atoms with Gasteiger partial charge in [0.25, 0.3) is 0 Å². The number of rotatable bonds is 2. The first-order chi connectivity index (χ1) is 8.02. The maximum Gasteiger partial charge on any atom is 0.356 e. The summed E-state index contributed by atoms with van der Waals surface area (Å²) in [6.45, 7) is 1.72. The zero-order chi connectivity index (χ0) is 12.6. The van der Waals surface area contributed by atoms with E-state index in [1.807, 2.05) is 0 Å². The number of ether oxygens (including phenoxy) is 1. The van der Waals surface area contributed by atoms with E-state index in [1.54, 1.807) is 13.0 Å². The van der Waals surface area contributed by atoms with Gasteiger partial charge in [-0.2, -0.15) is 5.10 Å². The van der Waals surface area contributed by atoms with Crippen LogP contribution in [0.3, 0.4) is 0 Å². The Morgan fingerprint density at radius 3 is 2.71 bits per heavy atom. The van der Waals surface area contributed by atoms with Gasteiger partial charge in [-0.1, -0.05) is 0 Å². The minimum atomic E-state index is -1.21. The molecule has 0 aliphatic heterocycles. The highest BCUT2D eigenvalue weighted by Gasteiger charge is 2.17. The van der Waals surface area contributed by atoms with Gasteiger partial charge in [-0.3, -0.25) is 0 Å². The first-order valence-corrected chi connectivity index (χ1v) is 4.72. The highest BCUT2D eigenvalue weighted by atomic mass is 16.5. The molecule has 17 heavy (non-hydrogen) atoms. The average molecular weight is 235 g/mol. The number of hydrogen-bond donors (Lipinski definition) is 1. The molecule has 2 aromatic heterocycles. The van der Waals surface area contributed by atoms with E-state index in [1.165, 1.54) is 11.6 Å². The third-order valence-electron chi connectivity index (χ3n) is 2.16. The molecule has 0 aliphatic carbocycles. The van der Waals surface area contributed by atoms with E-state index in [-0.39, 0.29) is 11.4 Å². The molecule has 0 saturated heterocycles. The predicted octanol–water partition coefficient (Wildman–Crippen LogP) is 0.523. The number of methoxy groups -OCH3 is 1. The zero-order valence-corrected chi connectivity index (χ0v) is 9.17. The molecular formula is C10H9N3O4. The number of carbonyl (C=O) groups is 2. The number of aromatic nitrogens is 3. The largest absolute Gasteiger partial charge is 0.477 e. The van der Waals surface area contributed by atoms with Crippen LogP contribution in [0.2, 0.25) is 0 Å². The molecule has 0 saturated carbocycles. The van der Waals surface area contributed by atoms with Crippen molar-refractivity contribution in [3.05, 3.63) is 29.2 Å². The van der Waals surface area contributed by atoms with Crippen molar-refractivity contribution < 1.29 is 19.4 Å². The minimum Gasteiger partial charge on any atom is -0.477 e. The molecule has 0 aliphatic rings. The van der Waals surface area contributed by atoms with Crippen LogP contribution in [0.15, 0.2) is 12.1 Å². The second kappa shape index (κ2) is 3.85. The summed E-state index contributed by atoms with van der Waals surface area (Å²) in [6, 6.07) is 2.71. The van der Waals surface area contributed by atoms with E-state index in [0.717, 1.165) is 6.07 Å². The molecule has 0 atom stereocenters. The molecule has 88 valence electrons. The van der Waals surface area contributed by atoms with Crippen molar-refractivity contribution in [1.82, 2.24) is 14.6 Å². The smallest absolute Gasteiger partial charge is 0.356 e. The van der Waals surface area contributed by atoms with Gasteiger partial charge >= 0.3 is 11.9 Å². The van der Waals surface area contributed by atoms with E-state index >= 15 is 0 Å².